The van der Waals surface area contributed by atoms with Crippen molar-refractivity contribution in [1.29, 1.82) is 0 Å². The number of nitrogens with zero attached hydrogens (tertiary/aromatic N) is 2. The van der Waals surface area contributed by atoms with Gasteiger partial charge >= 0.3 is 0 Å². The number of rotatable bonds is 6. The van der Waals surface area contributed by atoms with E-state index in [1.165, 1.54) is 18.5 Å². The fourth-order valence-corrected chi connectivity index (χ4v) is 2.31. The van der Waals surface area contributed by atoms with Crippen LogP contribution in [0.5, 0.6) is 5.75 Å². The molecule has 0 atom stereocenters. The number of benzene rings is 2. The van der Waals surface area contributed by atoms with Gasteiger partial charge in [0.15, 0.2) is 0 Å². The van der Waals surface area contributed by atoms with Crippen LogP contribution >= 0.6 is 0 Å². The smallest absolute Gasteiger partial charge is 0.258 e. The average Bonchev–Trinajstić information content (AvgIpc) is 2.65. The first-order chi connectivity index (χ1) is 13.0. The highest BCUT2D eigenvalue weighted by Crippen LogP contribution is 2.25. The quantitative estimate of drug-likeness (QED) is 0.676. The Hall–Kier alpha value is -3.48. The van der Waals surface area contributed by atoms with E-state index in [1.807, 2.05) is 19.9 Å². The molecule has 3 rings (SSSR count). The molecule has 0 aliphatic rings. The number of hydrogen-bond donors (Lipinski definition) is 2. The van der Waals surface area contributed by atoms with Crippen molar-refractivity contribution in [1.82, 2.24) is 9.97 Å². The van der Waals surface area contributed by atoms with E-state index in [0.717, 1.165) is 0 Å². The highest BCUT2D eigenvalue weighted by Gasteiger charge is 2.12. The standard InChI is InChI=1S/C20H19FN4O2/c1-13(2)27-18-10-6-5-9-17(18)24-19(26)14-11-22-20(23-12-14)25-16-8-4-3-7-15(16)21/h3-13H,1-2H3,(H,24,26)(H,22,23,25). The molecular weight excluding hydrogens is 347 g/mol. The second kappa shape index (κ2) is 8.27. The SMILES string of the molecule is CC(C)Oc1ccccc1NC(=O)c1cnc(Nc2ccccc2F)nc1. The molecule has 3 aromatic rings. The number of amides is 1. The summed E-state index contributed by atoms with van der Waals surface area (Å²) in [6.07, 6.45) is 2.73. The molecule has 0 unspecified atom stereocenters. The van der Waals surface area contributed by atoms with Gasteiger partial charge in [-0.25, -0.2) is 14.4 Å². The minimum Gasteiger partial charge on any atom is -0.489 e. The Bertz CT molecular complexity index is 929. The molecule has 0 aliphatic heterocycles. The number of para-hydroxylation sites is 3. The maximum absolute atomic E-state index is 13.7. The molecule has 0 spiro atoms. The van der Waals surface area contributed by atoms with Crippen LogP contribution in [0.15, 0.2) is 60.9 Å². The fraction of sp³-hybridized carbons (Fsp3) is 0.150. The van der Waals surface area contributed by atoms with Gasteiger partial charge < -0.3 is 15.4 Å². The normalized spacial score (nSPS) is 10.5. The molecule has 27 heavy (non-hydrogen) atoms. The van der Waals surface area contributed by atoms with Crippen LogP contribution in [0.4, 0.5) is 21.7 Å². The summed E-state index contributed by atoms with van der Waals surface area (Å²) in [6, 6.07) is 13.4. The van der Waals surface area contributed by atoms with Gasteiger partial charge in [-0.2, -0.15) is 0 Å². The van der Waals surface area contributed by atoms with E-state index in [4.69, 9.17) is 4.74 Å². The van der Waals surface area contributed by atoms with Gasteiger partial charge in [0.05, 0.1) is 23.0 Å². The number of aromatic nitrogens is 2. The van der Waals surface area contributed by atoms with Crippen molar-refractivity contribution < 1.29 is 13.9 Å². The number of anilines is 3. The summed E-state index contributed by atoms with van der Waals surface area (Å²) in [4.78, 5) is 20.6. The molecule has 7 heteroatoms. The maximum Gasteiger partial charge on any atom is 0.258 e. The predicted molar refractivity (Wildman–Crippen MR) is 102 cm³/mol. The van der Waals surface area contributed by atoms with E-state index in [9.17, 15) is 9.18 Å². The lowest BCUT2D eigenvalue weighted by Gasteiger charge is -2.14. The average molecular weight is 366 g/mol. The van der Waals surface area contributed by atoms with Crippen LogP contribution in [-0.2, 0) is 0 Å². The molecule has 1 amide bonds. The second-order valence-electron chi connectivity index (χ2n) is 6.02. The highest BCUT2D eigenvalue weighted by molar-refractivity contribution is 6.04. The number of halogens is 1. The molecule has 1 aromatic heterocycles. The number of ether oxygens (including phenoxy) is 1. The molecule has 2 aromatic carbocycles. The Balaban J connectivity index is 1.70. The van der Waals surface area contributed by atoms with Crippen molar-refractivity contribution >= 4 is 23.2 Å². The fourth-order valence-electron chi connectivity index (χ4n) is 2.31. The van der Waals surface area contributed by atoms with Crippen molar-refractivity contribution in [3.8, 4) is 5.75 Å². The van der Waals surface area contributed by atoms with Crippen LogP contribution in [0.1, 0.15) is 24.2 Å². The van der Waals surface area contributed by atoms with E-state index >= 15 is 0 Å². The Morgan fingerprint density at radius 3 is 2.30 bits per heavy atom. The van der Waals surface area contributed by atoms with Crippen LogP contribution in [0, 0.1) is 5.82 Å². The lowest BCUT2D eigenvalue weighted by molar-refractivity contribution is 0.102. The van der Waals surface area contributed by atoms with Crippen LogP contribution < -0.4 is 15.4 Å². The van der Waals surface area contributed by atoms with Crippen molar-refractivity contribution in [3.05, 3.63) is 72.3 Å². The number of carbonyl (C=O) groups excluding carboxylic acids is 1. The Kier molecular flexibility index (Phi) is 5.61. The monoisotopic (exact) mass is 366 g/mol. The minimum atomic E-state index is -0.412. The van der Waals surface area contributed by atoms with Crippen molar-refractivity contribution in [2.24, 2.45) is 0 Å². The predicted octanol–water partition coefficient (Wildman–Crippen LogP) is 4.40. The Labute approximate surface area is 156 Å². The van der Waals surface area contributed by atoms with Gasteiger partial charge in [-0.05, 0) is 38.1 Å². The zero-order chi connectivity index (χ0) is 19.2. The molecule has 0 fully saturated rings. The molecule has 2 N–H and O–H groups in total. The van der Waals surface area contributed by atoms with Crippen LogP contribution in [0.2, 0.25) is 0 Å². The molecule has 0 aliphatic carbocycles. The van der Waals surface area contributed by atoms with Gasteiger partial charge in [0.25, 0.3) is 5.91 Å². The van der Waals surface area contributed by atoms with E-state index in [1.54, 1.807) is 36.4 Å². The van der Waals surface area contributed by atoms with Crippen LogP contribution in [0.3, 0.4) is 0 Å². The Morgan fingerprint density at radius 2 is 1.63 bits per heavy atom. The summed E-state index contributed by atoms with van der Waals surface area (Å²) in [6.45, 7) is 3.82. The molecule has 6 nitrogen and oxygen atoms in total. The number of hydrogen-bond acceptors (Lipinski definition) is 5. The Morgan fingerprint density at radius 1 is 1.00 bits per heavy atom. The van der Waals surface area contributed by atoms with E-state index in [2.05, 4.69) is 20.6 Å². The van der Waals surface area contributed by atoms with E-state index in [-0.39, 0.29) is 29.2 Å². The zero-order valence-corrected chi connectivity index (χ0v) is 14.9. The summed E-state index contributed by atoms with van der Waals surface area (Å²) in [5, 5.41) is 5.56. The van der Waals surface area contributed by atoms with Gasteiger partial charge in [0, 0.05) is 12.4 Å². The van der Waals surface area contributed by atoms with Crippen LogP contribution in [0.25, 0.3) is 0 Å². The first kappa shape index (κ1) is 18.3. The minimum absolute atomic E-state index is 0.0184. The number of nitrogens with one attached hydrogen (secondary N) is 2. The second-order valence-corrected chi connectivity index (χ2v) is 6.02. The lowest BCUT2D eigenvalue weighted by Crippen LogP contribution is -2.15. The third-order valence-corrected chi connectivity index (χ3v) is 3.53. The number of carbonyl (C=O) groups is 1. The van der Waals surface area contributed by atoms with Gasteiger partial charge in [-0.3, -0.25) is 4.79 Å². The molecule has 1 heterocycles. The maximum atomic E-state index is 13.7. The highest BCUT2D eigenvalue weighted by atomic mass is 19.1. The summed E-state index contributed by atoms with van der Waals surface area (Å²) >= 11 is 0. The third kappa shape index (κ3) is 4.78. The molecule has 0 bridgehead atoms. The topological polar surface area (TPSA) is 76.1 Å². The van der Waals surface area contributed by atoms with Crippen molar-refractivity contribution in [2.75, 3.05) is 10.6 Å². The lowest BCUT2D eigenvalue weighted by atomic mass is 10.2. The largest absolute Gasteiger partial charge is 0.489 e. The van der Waals surface area contributed by atoms with E-state index in [0.29, 0.717) is 11.4 Å². The van der Waals surface area contributed by atoms with Gasteiger partial charge in [0.2, 0.25) is 5.95 Å². The first-order valence-electron chi connectivity index (χ1n) is 8.43. The molecule has 0 radical (unpaired) electrons. The van der Waals surface area contributed by atoms with Crippen molar-refractivity contribution in [3.63, 3.8) is 0 Å². The molecule has 138 valence electrons. The summed E-state index contributed by atoms with van der Waals surface area (Å²) in [5.41, 5.74) is 1.09. The molecule has 0 saturated heterocycles. The van der Waals surface area contributed by atoms with Gasteiger partial charge in [0.1, 0.15) is 11.6 Å². The van der Waals surface area contributed by atoms with E-state index < -0.39 is 5.82 Å². The summed E-state index contributed by atoms with van der Waals surface area (Å²) in [5.74, 6) is -0.00303. The molecule has 0 saturated carbocycles. The van der Waals surface area contributed by atoms with Crippen molar-refractivity contribution in [2.45, 2.75) is 20.0 Å². The van der Waals surface area contributed by atoms with Gasteiger partial charge in [-0.15, -0.1) is 0 Å². The third-order valence-electron chi connectivity index (χ3n) is 3.53. The zero-order valence-electron chi connectivity index (χ0n) is 14.9. The summed E-state index contributed by atoms with van der Waals surface area (Å²) in [7, 11) is 0. The first-order valence-corrected chi connectivity index (χ1v) is 8.43. The van der Waals surface area contributed by atoms with Crippen LogP contribution in [-0.4, -0.2) is 22.0 Å². The summed E-state index contributed by atoms with van der Waals surface area (Å²) < 4.78 is 19.3. The van der Waals surface area contributed by atoms with Gasteiger partial charge in [-0.1, -0.05) is 24.3 Å². The molecular formula is C20H19FN4O2.